The molecule has 0 aliphatic rings. The van der Waals surface area contributed by atoms with Crippen LogP contribution in [0.25, 0.3) is 0 Å². The van der Waals surface area contributed by atoms with Crippen LogP contribution in [0.15, 0.2) is 42.5 Å². The van der Waals surface area contributed by atoms with E-state index in [9.17, 15) is 18.0 Å². The van der Waals surface area contributed by atoms with Gasteiger partial charge in [-0.3, -0.25) is 9.59 Å². The lowest BCUT2D eigenvalue weighted by Crippen LogP contribution is -2.52. The molecule has 1 unspecified atom stereocenters. The first-order valence-electron chi connectivity index (χ1n) is 10.7. The maximum Gasteiger partial charge on any atom is 0.304 e. The lowest BCUT2D eigenvalue weighted by atomic mass is 10.1. The van der Waals surface area contributed by atoms with Crippen molar-refractivity contribution in [2.24, 2.45) is 0 Å². The van der Waals surface area contributed by atoms with Crippen LogP contribution in [0.5, 0.6) is 0 Å². The number of rotatable bonds is 9. The zero-order chi connectivity index (χ0) is 24.9. The molecular weight excluding hydrogens is 440 g/mol. The van der Waals surface area contributed by atoms with Crippen LogP contribution in [-0.4, -0.2) is 63.2 Å². The number of benzene rings is 2. The van der Waals surface area contributed by atoms with E-state index >= 15 is 0 Å². The Morgan fingerprint density at radius 3 is 2.21 bits per heavy atom. The van der Waals surface area contributed by atoms with Crippen molar-refractivity contribution in [3.8, 4) is 0 Å². The summed E-state index contributed by atoms with van der Waals surface area (Å²) in [7, 11) is 0.387. The molecular formula is C24H34N4O4S. The molecule has 0 spiro atoms. The minimum Gasteiger partial charge on any atom is -0.357 e. The minimum atomic E-state index is -3.97. The zero-order valence-electron chi connectivity index (χ0n) is 20.4. The van der Waals surface area contributed by atoms with Gasteiger partial charge in [-0.2, -0.15) is 12.7 Å². The third-order valence-corrected chi connectivity index (χ3v) is 7.31. The van der Waals surface area contributed by atoms with Gasteiger partial charge in [-0.1, -0.05) is 42.0 Å². The molecule has 0 aromatic heterocycles. The first-order chi connectivity index (χ1) is 15.4. The predicted octanol–water partition coefficient (Wildman–Crippen LogP) is 2.39. The van der Waals surface area contributed by atoms with E-state index in [1.54, 1.807) is 19.9 Å². The number of carbonyl (C=O) groups is 2. The molecule has 9 heteroatoms. The summed E-state index contributed by atoms with van der Waals surface area (Å²) >= 11 is 0. The quantitative estimate of drug-likeness (QED) is 0.604. The highest BCUT2D eigenvalue weighted by Gasteiger charge is 2.33. The second-order valence-electron chi connectivity index (χ2n) is 8.39. The monoisotopic (exact) mass is 474 g/mol. The van der Waals surface area contributed by atoms with E-state index in [2.05, 4.69) is 5.32 Å². The van der Waals surface area contributed by atoms with Crippen LogP contribution in [0, 0.1) is 20.8 Å². The summed E-state index contributed by atoms with van der Waals surface area (Å²) in [6, 6.07) is 12.3. The Morgan fingerprint density at radius 1 is 1.00 bits per heavy atom. The van der Waals surface area contributed by atoms with Crippen LogP contribution in [0.2, 0.25) is 0 Å². The maximum atomic E-state index is 13.6. The van der Waals surface area contributed by atoms with Crippen LogP contribution in [0.3, 0.4) is 0 Å². The summed E-state index contributed by atoms with van der Waals surface area (Å²) in [6.45, 7) is 6.99. The van der Waals surface area contributed by atoms with Crippen molar-refractivity contribution in [3.05, 3.63) is 64.7 Å². The Labute approximate surface area is 197 Å². The van der Waals surface area contributed by atoms with Crippen molar-refractivity contribution in [2.45, 2.75) is 40.3 Å². The second-order valence-corrected chi connectivity index (χ2v) is 10.5. The Morgan fingerprint density at radius 2 is 1.64 bits per heavy atom. The molecule has 2 aromatic rings. The van der Waals surface area contributed by atoms with Gasteiger partial charge < -0.3 is 10.2 Å². The summed E-state index contributed by atoms with van der Waals surface area (Å²) in [5.74, 6) is -0.802. The molecule has 180 valence electrons. The van der Waals surface area contributed by atoms with Crippen LogP contribution in [0.4, 0.5) is 5.69 Å². The number of nitrogens with zero attached hydrogens (tertiary/aromatic N) is 3. The highest BCUT2D eigenvalue weighted by atomic mass is 32.2. The number of aryl methyl sites for hydroxylation is 3. The highest BCUT2D eigenvalue weighted by molar-refractivity contribution is 7.90. The first-order valence-corrected chi connectivity index (χ1v) is 12.1. The molecule has 33 heavy (non-hydrogen) atoms. The Kier molecular flexibility index (Phi) is 8.63. The third kappa shape index (κ3) is 6.33. The highest BCUT2D eigenvalue weighted by Crippen LogP contribution is 2.26. The van der Waals surface area contributed by atoms with Crippen molar-refractivity contribution in [2.75, 3.05) is 32.0 Å². The molecule has 0 saturated carbocycles. The van der Waals surface area contributed by atoms with Crippen molar-refractivity contribution >= 4 is 27.7 Å². The number of amides is 2. The van der Waals surface area contributed by atoms with Gasteiger partial charge in [0, 0.05) is 27.7 Å². The Hall–Kier alpha value is -2.91. The molecule has 0 radical (unpaired) electrons. The molecule has 0 saturated heterocycles. The fourth-order valence-corrected chi connectivity index (χ4v) is 4.60. The van der Waals surface area contributed by atoms with E-state index in [-0.39, 0.29) is 12.5 Å². The zero-order valence-corrected chi connectivity index (χ0v) is 21.2. The van der Waals surface area contributed by atoms with Gasteiger partial charge in [-0.25, -0.2) is 4.31 Å². The molecule has 0 bridgehead atoms. The number of hydrogen-bond acceptors (Lipinski definition) is 4. The summed E-state index contributed by atoms with van der Waals surface area (Å²) in [6.07, 6.45) is 0. The molecule has 2 amide bonds. The SMILES string of the molecule is CNC(=O)C(C)N(Cc1cccc(C)c1)C(=O)CN(c1cc(C)ccc1C)S(=O)(=O)N(C)C. The molecule has 2 aromatic carbocycles. The largest absolute Gasteiger partial charge is 0.357 e. The van der Waals surface area contributed by atoms with E-state index in [1.807, 2.05) is 50.2 Å². The van der Waals surface area contributed by atoms with Crippen molar-refractivity contribution in [3.63, 3.8) is 0 Å². The average Bonchev–Trinajstić information content (AvgIpc) is 2.76. The molecule has 1 N–H and O–H groups in total. The van der Waals surface area contributed by atoms with Gasteiger partial charge in [0.15, 0.2) is 0 Å². The van der Waals surface area contributed by atoms with Gasteiger partial charge in [-0.15, -0.1) is 0 Å². The third-order valence-electron chi connectivity index (χ3n) is 5.50. The number of nitrogens with one attached hydrogen (secondary N) is 1. The van der Waals surface area contributed by atoms with Gasteiger partial charge in [0.2, 0.25) is 11.8 Å². The molecule has 0 fully saturated rings. The normalized spacial score (nSPS) is 12.4. The lowest BCUT2D eigenvalue weighted by molar-refractivity contribution is -0.139. The summed E-state index contributed by atoms with van der Waals surface area (Å²) in [4.78, 5) is 27.4. The standard InChI is InChI=1S/C24H34N4O4S/c1-17-9-8-10-21(13-17)15-27(20(4)24(30)25-5)23(29)16-28(33(31,32)26(6)7)22-14-18(2)11-12-19(22)3/h8-14,20H,15-16H2,1-7H3,(H,25,30). The van der Waals surface area contributed by atoms with Crippen molar-refractivity contribution in [1.82, 2.24) is 14.5 Å². The maximum absolute atomic E-state index is 13.6. The van der Waals surface area contributed by atoms with E-state index in [1.165, 1.54) is 26.0 Å². The molecule has 0 heterocycles. The fraction of sp³-hybridized carbons (Fsp3) is 0.417. The van der Waals surface area contributed by atoms with Crippen LogP contribution >= 0.6 is 0 Å². The minimum absolute atomic E-state index is 0.178. The van der Waals surface area contributed by atoms with E-state index in [4.69, 9.17) is 0 Å². The van der Waals surface area contributed by atoms with Crippen LogP contribution in [-0.2, 0) is 26.3 Å². The number of likely N-dealkylation sites (N-methyl/N-ethyl adjacent to an activating group) is 1. The number of hydrogen-bond donors (Lipinski definition) is 1. The fourth-order valence-electron chi connectivity index (χ4n) is 3.49. The smallest absolute Gasteiger partial charge is 0.304 e. The topological polar surface area (TPSA) is 90.0 Å². The molecule has 0 aliphatic heterocycles. The Balaban J connectivity index is 2.51. The molecule has 2 rings (SSSR count). The van der Waals surface area contributed by atoms with E-state index in [0.29, 0.717) is 5.69 Å². The molecule has 1 atom stereocenters. The van der Waals surface area contributed by atoms with E-state index < -0.39 is 28.7 Å². The predicted molar refractivity (Wildman–Crippen MR) is 131 cm³/mol. The summed E-state index contributed by atoms with van der Waals surface area (Å²) in [5, 5.41) is 2.57. The first kappa shape index (κ1) is 26.3. The molecule has 8 nitrogen and oxygen atoms in total. The molecule has 0 aliphatic carbocycles. The van der Waals surface area contributed by atoms with Crippen LogP contribution in [0.1, 0.15) is 29.2 Å². The van der Waals surface area contributed by atoms with Gasteiger partial charge in [0.25, 0.3) is 0 Å². The lowest BCUT2D eigenvalue weighted by Gasteiger charge is -2.33. The van der Waals surface area contributed by atoms with Gasteiger partial charge in [0.05, 0.1) is 5.69 Å². The number of carbonyl (C=O) groups excluding carboxylic acids is 2. The summed E-state index contributed by atoms with van der Waals surface area (Å²) in [5.41, 5.74) is 3.91. The van der Waals surface area contributed by atoms with Crippen LogP contribution < -0.4 is 9.62 Å². The average molecular weight is 475 g/mol. The van der Waals surface area contributed by atoms with E-state index in [0.717, 1.165) is 30.9 Å². The Bertz CT molecular complexity index is 1120. The van der Waals surface area contributed by atoms with Gasteiger partial charge >= 0.3 is 10.2 Å². The van der Waals surface area contributed by atoms with Crippen molar-refractivity contribution < 1.29 is 18.0 Å². The van der Waals surface area contributed by atoms with Gasteiger partial charge in [0.1, 0.15) is 12.6 Å². The summed E-state index contributed by atoms with van der Waals surface area (Å²) < 4.78 is 28.6. The second kappa shape index (κ2) is 10.8. The van der Waals surface area contributed by atoms with Gasteiger partial charge in [-0.05, 0) is 50.5 Å². The van der Waals surface area contributed by atoms with Crippen molar-refractivity contribution in [1.29, 1.82) is 0 Å². The number of anilines is 1.